The van der Waals surface area contributed by atoms with Crippen LogP contribution in [0.4, 0.5) is 0 Å². The molecule has 0 aliphatic carbocycles. The largest absolute Gasteiger partial charge is 0.467 e. The fraction of sp³-hybridized carbons (Fsp3) is 0.600. The third-order valence-electron chi connectivity index (χ3n) is 1.23. The summed E-state index contributed by atoms with van der Waals surface area (Å²) in [5.41, 5.74) is 0. The molecule has 0 radical (unpaired) electrons. The summed E-state index contributed by atoms with van der Waals surface area (Å²) < 4.78 is 6.68. The van der Waals surface area contributed by atoms with Crippen molar-refractivity contribution in [1.82, 2.24) is 14.8 Å². The molecule has 0 aliphatic rings. The maximum atomic E-state index is 4.90. The predicted octanol–water partition coefficient (Wildman–Crippen LogP) is 0.719. The molecule has 0 N–H and O–H groups in total. The predicted molar refractivity (Wildman–Crippen MR) is 40.2 cm³/mol. The minimum Gasteiger partial charge on any atom is -0.467 e. The van der Waals surface area contributed by atoms with Gasteiger partial charge in [0, 0.05) is 7.05 Å². The van der Waals surface area contributed by atoms with Crippen molar-refractivity contribution >= 4 is 15.9 Å². The van der Waals surface area contributed by atoms with E-state index in [1.807, 2.05) is 7.05 Å². The molecule has 0 bridgehead atoms. The molecule has 0 amide bonds. The van der Waals surface area contributed by atoms with E-state index < -0.39 is 0 Å². The molecule has 0 aliphatic heterocycles. The third kappa shape index (κ3) is 1.13. The molecule has 0 saturated carbocycles. The van der Waals surface area contributed by atoms with Crippen LogP contribution in [0, 0.1) is 0 Å². The zero-order valence-corrected chi connectivity index (χ0v) is 7.42. The van der Waals surface area contributed by atoms with Gasteiger partial charge in [0.25, 0.3) is 0 Å². The van der Waals surface area contributed by atoms with Crippen molar-refractivity contribution in [1.29, 1.82) is 0 Å². The molecule has 0 fully saturated rings. The molecule has 1 rings (SSSR count). The Bertz CT molecular complexity index is 201. The molecule has 10 heavy (non-hydrogen) atoms. The van der Waals surface area contributed by atoms with Crippen LogP contribution in [-0.4, -0.2) is 21.9 Å². The number of halogens is 1. The Morgan fingerprint density at radius 1 is 1.60 bits per heavy atom. The minimum absolute atomic E-state index is 0.537. The molecule has 56 valence electrons. The summed E-state index contributed by atoms with van der Waals surface area (Å²) in [4.78, 5) is 0. The highest BCUT2D eigenvalue weighted by atomic mass is 79.9. The number of methoxy groups -OCH3 is 1. The normalized spacial score (nSPS) is 9.90. The molecule has 1 aromatic heterocycles. The van der Waals surface area contributed by atoms with Gasteiger partial charge in [-0.05, 0) is 0 Å². The Labute approximate surface area is 67.3 Å². The van der Waals surface area contributed by atoms with Crippen LogP contribution in [0.3, 0.4) is 0 Å². The molecule has 0 atom stereocenters. The smallest absolute Gasteiger partial charge is 0.316 e. The summed E-state index contributed by atoms with van der Waals surface area (Å²) in [5.74, 6) is 0.858. The zero-order chi connectivity index (χ0) is 7.56. The van der Waals surface area contributed by atoms with E-state index in [1.54, 1.807) is 11.7 Å². The Morgan fingerprint density at radius 3 is 2.60 bits per heavy atom. The fourth-order valence-corrected chi connectivity index (χ4v) is 1.13. The monoisotopic (exact) mass is 205 g/mol. The molecule has 1 heterocycles. The second-order valence-electron chi connectivity index (χ2n) is 1.80. The van der Waals surface area contributed by atoms with Crippen molar-refractivity contribution in [3.05, 3.63) is 5.82 Å². The second kappa shape index (κ2) is 3.01. The van der Waals surface area contributed by atoms with Gasteiger partial charge in [-0.3, -0.25) is 4.57 Å². The summed E-state index contributed by atoms with van der Waals surface area (Å²) >= 11 is 3.27. The van der Waals surface area contributed by atoms with Crippen LogP contribution < -0.4 is 4.74 Å². The molecule has 0 unspecified atom stereocenters. The lowest BCUT2D eigenvalue weighted by Crippen LogP contribution is -1.97. The van der Waals surface area contributed by atoms with Crippen molar-refractivity contribution in [2.45, 2.75) is 5.33 Å². The Balaban J connectivity index is 2.97. The van der Waals surface area contributed by atoms with E-state index >= 15 is 0 Å². The fourth-order valence-electron chi connectivity index (χ4n) is 0.639. The molecular weight excluding hydrogens is 198 g/mol. The summed E-state index contributed by atoms with van der Waals surface area (Å²) in [6.07, 6.45) is 0. The molecular formula is C5H8BrN3O. The van der Waals surface area contributed by atoms with E-state index in [-0.39, 0.29) is 0 Å². The SMILES string of the molecule is COc1nnc(CBr)n1C. The lowest BCUT2D eigenvalue weighted by atomic mass is 10.7. The van der Waals surface area contributed by atoms with Crippen LogP contribution in [-0.2, 0) is 12.4 Å². The number of hydrogen-bond donors (Lipinski definition) is 0. The first kappa shape index (κ1) is 7.53. The summed E-state index contributed by atoms with van der Waals surface area (Å²) in [6.45, 7) is 0. The Morgan fingerprint density at radius 2 is 2.30 bits per heavy atom. The molecule has 0 saturated heterocycles. The molecule has 1 aromatic rings. The second-order valence-corrected chi connectivity index (χ2v) is 2.36. The van der Waals surface area contributed by atoms with Crippen molar-refractivity contribution in [2.24, 2.45) is 7.05 Å². The van der Waals surface area contributed by atoms with Crippen molar-refractivity contribution in [2.75, 3.05) is 7.11 Å². The van der Waals surface area contributed by atoms with E-state index in [9.17, 15) is 0 Å². The maximum absolute atomic E-state index is 4.90. The first-order chi connectivity index (χ1) is 4.79. The van der Waals surface area contributed by atoms with Crippen molar-refractivity contribution in [3.63, 3.8) is 0 Å². The quantitative estimate of drug-likeness (QED) is 0.669. The standard InChI is InChI=1S/C5H8BrN3O/c1-9-4(3-6)7-8-5(9)10-2/h3H2,1-2H3. The number of ether oxygens (including phenoxy) is 1. The first-order valence-electron chi connectivity index (χ1n) is 2.77. The average Bonchev–Trinajstić information content (AvgIpc) is 2.30. The number of aromatic nitrogens is 3. The topological polar surface area (TPSA) is 39.9 Å². The van der Waals surface area contributed by atoms with Gasteiger partial charge in [0.05, 0.1) is 12.4 Å². The van der Waals surface area contributed by atoms with Gasteiger partial charge in [0.2, 0.25) is 0 Å². The van der Waals surface area contributed by atoms with Gasteiger partial charge in [-0.25, -0.2) is 0 Å². The minimum atomic E-state index is 0.537. The molecule has 0 spiro atoms. The highest BCUT2D eigenvalue weighted by Gasteiger charge is 2.05. The van der Waals surface area contributed by atoms with E-state index in [1.165, 1.54) is 0 Å². The third-order valence-corrected chi connectivity index (χ3v) is 1.73. The number of nitrogens with zero attached hydrogens (tertiary/aromatic N) is 3. The van der Waals surface area contributed by atoms with Gasteiger partial charge >= 0.3 is 6.01 Å². The first-order valence-corrected chi connectivity index (χ1v) is 3.90. The van der Waals surface area contributed by atoms with Gasteiger partial charge < -0.3 is 4.74 Å². The lowest BCUT2D eigenvalue weighted by molar-refractivity contribution is 0.363. The van der Waals surface area contributed by atoms with Crippen LogP contribution in [0.5, 0.6) is 6.01 Å². The van der Waals surface area contributed by atoms with Crippen molar-refractivity contribution in [3.8, 4) is 6.01 Å². The van der Waals surface area contributed by atoms with Crippen LogP contribution in [0.2, 0.25) is 0 Å². The zero-order valence-electron chi connectivity index (χ0n) is 5.83. The summed E-state index contributed by atoms with van der Waals surface area (Å²) in [7, 11) is 3.43. The highest BCUT2D eigenvalue weighted by Crippen LogP contribution is 2.08. The highest BCUT2D eigenvalue weighted by molar-refractivity contribution is 9.08. The van der Waals surface area contributed by atoms with E-state index in [4.69, 9.17) is 4.74 Å². The van der Waals surface area contributed by atoms with Gasteiger partial charge in [0.1, 0.15) is 5.82 Å². The number of rotatable bonds is 2. The molecule has 0 aromatic carbocycles. The summed E-state index contributed by atoms with van der Waals surface area (Å²) in [6, 6.07) is 0.537. The van der Waals surface area contributed by atoms with E-state index in [0.717, 1.165) is 5.82 Å². The van der Waals surface area contributed by atoms with Gasteiger partial charge in [0.15, 0.2) is 0 Å². The summed E-state index contributed by atoms with van der Waals surface area (Å²) in [5, 5.41) is 8.31. The van der Waals surface area contributed by atoms with E-state index in [2.05, 4.69) is 26.1 Å². The van der Waals surface area contributed by atoms with Crippen LogP contribution >= 0.6 is 15.9 Å². The Kier molecular flexibility index (Phi) is 2.26. The molecule has 4 nitrogen and oxygen atoms in total. The number of hydrogen-bond acceptors (Lipinski definition) is 3. The average molecular weight is 206 g/mol. The van der Waals surface area contributed by atoms with Crippen molar-refractivity contribution < 1.29 is 4.74 Å². The number of alkyl halides is 1. The Hall–Kier alpha value is -0.580. The lowest BCUT2D eigenvalue weighted by Gasteiger charge is -1.97. The molecule has 5 heteroatoms. The van der Waals surface area contributed by atoms with Gasteiger partial charge in [-0.15, -0.1) is 5.10 Å². The van der Waals surface area contributed by atoms with Gasteiger partial charge in [-0.2, -0.15) is 0 Å². The maximum Gasteiger partial charge on any atom is 0.316 e. The van der Waals surface area contributed by atoms with Crippen LogP contribution in [0.1, 0.15) is 5.82 Å². The van der Waals surface area contributed by atoms with Crippen LogP contribution in [0.25, 0.3) is 0 Å². The van der Waals surface area contributed by atoms with Gasteiger partial charge in [-0.1, -0.05) is 21.0 Å². The van der Waals surface area contributed by atoms with E-state index in [0.29, 0.717) is 11.3 Å². The van der Waals surface area contributed by atoms with Crippen LogP contribution in [0.15, 0.2) is 0 Å².